The number of hydrogen-bond donors (Lipinski definition) is 2. The lowest BCUT2D eigenvalue weighted by atomic mass is 10.2. The zero-order valence-electron chi connectivity index (χ0n) is 15.0. The zero-order chi connectivity index (χ0) is 19.5. The molecule has 1 rings (SSSR count). The summed E-state index contributed by atoms with van der Waals surface area (Å²) in [6, 6.07) is 6.31. The lowest BCUT2D eigenvalue weighted by Gasteiger charge is -2.14. The maximum absolute atomic E-state index is 12.2. The van der Waals surface area contributed by atoms with Crippen LogP contribution in [0, 0.1) is 0 Å². The molecule has 0 aliphatic heterocycles. The van der Waals surface area contributed by atoms with Gasteiger partial charge in [0.25, 0.3) is 11.8 Å². The van der Waals surface area contributed by atoms with Crippen LogP contribution in [0.15, 0.2) is 36.0 Å². The Morgan fingerprint density at radius 1 is 1.04 bits per heavy atom. The van der Waals surface area contributed by atoms with Crippen molar-refractivity contribution in [3.63, 3.8) is 0 Å². The zero-order valence-corrected chi connectivity index (χ0v) is 15.0. The number of benzene rings is 1. The van der Waals surface area contributed by atoms with Gasteiger partial charge in [0, 0.05) is 26.0 Å². The predicted octanol–water partition coefficient (Wildman–Crippen LogP) is 0.217. The van der Waals surface area contributed by atoms with Gasteiger partial charge in [-0.2, -0.15) is 0 Å². The minimum absolute atomic E-state index is 0.00654. The second-order valence-corrected chi connectivity index (χ2v) is 4.86. The summed E-state index contributed by atoms with van der Waals surface area (Å²) in [6.07, 6.45) is 0.314. The standard InChI is InChI=1S/C17H22N2O7/c1-23-12-7-5-11(6-8-12)15(20)18-9-13(17(22)26-4)16(21)19-10-14(24-2)25-3/h5-9,14H,10H2,1-4H3,(H,18,20)(H,19,21)/b13-9+. The molecule has 0 saturated heterocycles. The van der Waals surface area contributed by atoms with Crippen LogP contribution in [-0.4, -0.2) is 59.1 Å². The number of rotatable bonds is 9. The van der Waals surface area contributed by atoms with Gasteiger partial charge in [-0.25, -0.2) is 4.79 Å². The molecule has 0 aliphatic carbocycles. The summed E-state index contributed by atoms with van der Waals surface area (Å²) in [4.78, 5) is 36.1. The number of carbonyl (C=O) groups excluding carboxylic acids is 3. The van der Waals surface area contributed by atoms with E-state index in [0.29, 0.717) is 11.3 Å². The van der Waals surface area contributed by atoms with Gasteiger partial charge in [0.15, 0.2) is 6.29 Å². The Morgan fingerprint density at radius 2 is 1.65 bits per heavy atom. The average Bonchev–Trinajstić information content (AvgIpc) is 2.68. The SMILES string of the molecule is COC(=O)/C(=C/NC(=O)c1ccc(OC)cc1)C(=O)NCC(OC)OC. The summed E-state index contributed by atoms with van der Waals surface area (Å²) >= 11 is 0. The summed E-state index contributed by atoms with van der Waals surface area (Å²) in [5, 5.41) is 4.83. The lowest BCUT2D eigenvalue weighted by Crippen LogP contribution is -2.37. The molecule has 0 radical (unpaired) electrons. The van der Waals surface area contributed by atoms with Crippen molar-refractivity contribution >= 4 is 17.8 Å². The van der Waals surface area contributed by atoms with E-state index in [1.54, 1.807) is 24.3 Å². The summed E-state index contributed by atoms with van der Waals surface area (Å²) in [7, 11) is 5.46. The van der Waals surface area contributed by atoms with E-state index >= 15 is 0 Å². The fourth-order valence-corrected chi connectivity index (χ4v) is 1.82. The molecule has 0 fully saturated rings. The van der Waals surface area contributed by atoms with Crippen LogP contribution in [0.25, 0.3) is 0 Å². The molecule has 0 bridgehead atoms. The topological polar surface area (TPSA) is 112 Å². The highest BCUT2D eigenvalue weighted by atomic mass is 16.7. The highest BCUT2D eigenvalue weighted by molar-refractivity contribution is 6.16. The number of hydrogen-bond acceptors (Lipinski definition) is 7. The second kappa shape index (κ2) is 10.9. The van der Waals surface area contributed by atoms with Gasteiger partial charge in [-0.05, 0) is 24.3 Å². The summed E-state index contributed by atoms with van der Waals surface area (Å²) in [5.74, 6) is -1.55. The molecule has 0 aromatic heterocycles. The van der Waals surface area contributed by atoms with Gasteiger partial charge in [0.05, 0.1) is 20.8 Å². The van der Waals surface area contributed by atoms with Gasteiger partial charge in [-0.15, -0.1) is 0 Å². The van der Waals surface area contributed by atoms with Crippen LogP contribution in [0.2, 0.25) is 0 Å². The Hall–Kier alpha value is -2.91. The van der Waals surface area contributed by atoms with Crippen LogP contribution < -0.4 is 15.4 Å². The number of amides is 2. The first kappa shape index (κ1) is 21.1. The van der Waals surface area contributed by atoms with Gasteiger partial charge in [-0.1, -0.05) is 0 Å². The third-order valence-corrected chi connectivity index (χ3v) is 3.30. The Labute approximate surface area is 151 Å². The van der Waals surface area contributed by atoms with Gasteiger partial charge in [0.2, 0.25) is 0 Å². The fourth-order valence-electron chi connectivity index (χ4n) is 1.82. The summed E-state index contributed by atoms with van der Waals surface area (Å²) in [6.45, 7) is 0.00654. The fraction of sp³-hybridized carbons (Fsp3) is 0.353. The van der Waals surface area contributed by atoms with Crippen molar-refractivity contribution in [2.45, 2.75) is 6.29 Å². The predicted molar refractivity (Wildman–Crippen MR) is 91.4 cm³/mol. The first-order valence-electron chi connectivity index (χ1n) is 7.54. The average molecular weight is 366 g/mol. The first-order chi connectivity index (χ1) is 12.5. The second-order valence-electron chi connectivity index (χ2n) is 4.86. The van der Waals surface area contributed by atoms with E-state index in [1.165, 1.54) is 21.3 Å². The van der Waals surface area contributed by atoms with Crippen molar-refractivity contribution in [2.75, 3.05) is 35.0 Å². The number of methoxy groups -OCH3 is 4. The van der Waals surface area contributed by atoms with E-state index in [1.807, 2.05) is 0 Å². The molecule has 0 unspecified atom stereocenters. The van der Waals surface area contributed by atoms with Crippen LogP contribution >= 0.6 is 0 Å². The maximum atomic E-state index is 12.2. The molecule has 1 aromatic rings. The molecule has 26 heavy (non-hydrogen) atoms. The van der Waals surface area contributed by atoms with Gasteiger partial charge >= 0.3 is 5.97 Å². The first-order valence-corrected chi connectivity index (χ1v) is 7.54. The lowest BCUT2D eigenvalue weighted by molar-refractivity contribution is -0.139. The van der Waals surface area contributed by atoms with Crippen molar-refractivity contribution < 1.29 is 33.3 Å². The van der Waals surface area contributed by atoms with Crippen LogP contribution in [0.3, 0.4) is 0 Å². The third kappa shape index (κ3) is 6.19. The van der Waals surface area contributed by atoms with Crippen molar-refractivity contribution in [3.05, 3.63) is 41.6 Å². The molecule has 2 amide bonds. The van der Waals surface area contributed by atoms with E-state index in [-0.39, 0.29) is 12.1 Å². The number of esters is 1. The van der Waals surface area contributed by atoms with E-state index in [9.17, 15) is 14.4 Å². The minimum Gasteiger partial charge on any atom is -0.497 e. The van der Waals surface area contributed by atoms with Crippen LogP contribution in [0.1, 0.15) is 10.4 Å². The van der Waals surface area contributed by atoms with E-state index < -0.39 is 24.1 Å². The van der Waals surface area contributed by atoms with Crippen molar-refractivity contribution in [1.29, 1.82) is 0 Å². The molecule has 9 heteroatoms. The Kier molecular flexibility index (Phi) is 8.82. The van der Waals surface area contributed by atoms with Crippen molar-refractivity contribution in [2.24, 2.45) is 0 Å². The quantitative estimate of drug-likeness (QED) is 0.211. The van der Waals surface area contributed by atoms with E-state index in [2.05, 4.69) is 15.4 Å². The summed E-state index contributed by atoms with van der Waals surface area (Å²) < 4.78 is 19.5. The molecule has 0 aliphatic rings. The molecule has 0 spiro atoms. The van der Waals surface area contributed by atoms with Gasteiger partial charge in [-0.3, -0.25) is 9.59 Å². The molecular weight excluding hydrogens is 344 g/mol. The highest BCUT2D eigenvalue weighted by Crippen LogP contribution is 2.11. The molecule has 0 heterocycles. The van der Waals surface area contributed by atoms with Crippen LogP contribution in [0.5, 0.6) is 5.75 Å². The van der Waals surface area contributed by atoms with Gasteiger partial charge in [0.1, 0.15) is 11.3 Å². The van der Waals surface area contributed by atoms with Crippen molar-refractivity contribution in [3.8, 4) is 5.75 Å². The Morgan fingerprint density at radius 3 is 2.15 bits per heavy atom. The monoisotopic (exact) mass is 366 g/mol. The smallest absolute Gasteiger partial charge is 0.344 e. The molecule has 142 valence electrons. The Bertz CT molecular complexity index is 652. The minimum atomic E-state index is -0.899. The summed E-state index contributed by atoms with van der Waals surface area (Å²) in [5.41, 5.74) is -0.0502. The molecule has 2 N–H and O–H groups in total. The van der Waals surface area contributed by atoms with Crippen LogP contribution in [-0.2, 0) is 23.8 Å². The highest BCUT2D eigenvalue weighted by Gasteiger charge is 2.20. The molecule has 0 saturated carbocycles. The normalized spacial score (nSPS) is 11.0. The molecule has 1 aromatic carbocycles. The van der Waals surface area contributed by atoms with E-state index in [4.69, 9.17) is 14.2 Å². The van der Waals surface area contributed by atoms with E-state index in [0.717, 1.165) is 13.3 Å². The van der Waals surface area contributed by atoms with Crippen molar-refractivity contribution in [1.82, 2.24) is 10.6 Å². The molecule has 9 nitrogen and oxygen atoms in total. The number of nitrogens with one attached hydrogen (secondary N) is 2. The number of ether oxygens (including phenoxy) is 4. The van der Waals surface area contributed by atoms with Gasteiger partial charge < -0.3 is 29.6 Å². The Balaban J connectivity index is 2.82. The third-order valence-electron chi connectivity index (χ3n) is 3.30. The maximum Gasteiger partial charge on any atom is 0.344 e. The number of carbonyl (C=O) groups is 3. The van der Waals surface area contributed by atoms with Crippen LogP contribution in [0.4, 0.5) is 0 Å². The largest absolute Gasteiger partial charge is 0.497 e. The molecular formula is C17H22N2O7. The molecule has 0 atom stereocenters.